The fourth-order valence-corrected chi connectivity index (χ4v) is 4.25. The van der Waals surface area contributed by atoms with Crippen molar-refractivity contribution >= 4 is 29.0 Å². The van der Waals surface area contributed by atoms with E-state index in [0.717, 1.165) is 22.3 Å². The number of hydrogen-bond donors (Lipinski definition) is 1. The number of carbonyl (C=O) groups excluding carboxylic acids is 1. The highest BCUT2D eigenvalue weighted by molar-refractivity contribution is 8.00. The molecule has 0 aliphatic rings. The topological polar surface area (TPSA) is 109 Å². The van der Waals surface area contributed by atoms with E-state index >= 15 is 0 Å². The molecule has 1 amide bonds. The van der Waals surface area contributed by atoms with Gasteiger partial charge in [-0.3, -0.25) is 14.9 Å². The summed E-state index contributed by atoms with van der Waals surface area (Å²) in [6, 6.07) is 27.3. The third-order valence-electron chi connectivity index (χ3n) is 5.23. The molecule has 1 heterocycles. The molecule has 35 heavy (non-hydrogen) atoms. The maximum Gasteiger partial charge on any atom is 0.269 e. The molecule has 7 nitrogen and oxygen atoms in total. The van der Waals surface area contributed by atoms with Crippen molar-refractivity contribution in [1.82, 2.24) is 4.98 Å². The van der Waals surface area contributed by atoms with Crippen molar-refractivity contribution in [3.8, 4) is 28.5 Å². The standard InChI is InChI=1S/C27H20N4O3S/c1-18-7-9-20(10-8-18)25-15-23(19-5-3-2-4-6-19)24(16-28)27(30-25)35-17-26(32)29-21-11-13-22(14-12-21)31(33)34/h2-15H,17H2,1H3,(H,29,32). The van der Waals surface area contributed by atoms with Crippen LogP contribution in [-0.2, 0) is 4.79 Å². The molecule has 0 fully saturated rings. The number of nitrogens with one attached hydrogen (secondary N) is 1. The number of amides is 1. The lowest BCUT2D eigenvalue weighted by molar-refractivity contribution is -0.384. The lowest BCUT2D eigenvalue weighted by Crippen LogP contribution is -2.14. The predicted molar refractivity (Wildman–Crippen MR) is 137 cm³/mol. The van der Waals surface area contributed by atoms with Gasteiger partial charge in [-0.05, 0) is 30.7 Å². The second-order valence-corrected chi connectivity index (χ2v) is 8.68. The van der Waals surface area contributed by atoms with Gasteiger partial charge in [0.15, 0.2) is 0 Å². The highest BCUT2D eigenvalue weighted by Crippen LogP contribution is 2.34. The molecule has 1 N–H and O–H groups in total. The van der Waals surface area contributed by atoms with Crippen LogP contribution in [0.5, 0.6) is 0 Å². The van der Waals surface area contributed by atoms with Crippen LogP contribution in [0.3, 0.4) is 0 Å². The van der Waals surface area contributed by atoms with Crippen molar-refractivity contribution in [3.63, 3.8) is 0 Å². The summed E-state index contributed by atoms with van der Waals surface area (Å²) in [5, 5.41) is 24.0. The molecule has 3 aromatic carbocycles. The maximum atomic E-state index is 12.6. The first-order valence-electron chi connectivity index (χ1n) is 10.7. The normalized spacial score (nSPS) is 10.4. The Morgan fingerprint density at radius 2 is 1.71 bits per heavy atom. The average molecular weight is 481 g/mol. The van der Waals surface area contributed by atoms with Crippen molar-refractivity contribution in [2.75, 3.05) is 11.1 Å². The van der Waals surface area contributed by atoms with Crippen LogP contribution in [-0.4, -0.2) is 21.6 Å². The number of benzene rings is 3. The molecular weight excluding hydrogens is 460 g/mol. The van der Waals surface area contributed by atoms with Crippen LogP contribution in [0.15, 0.2) is 90.0 Å². The number of aryl methyl sites for hydroxylation is 1. The van der Waals surface area contributed by atoms with Crippen LogP contribution in [0.4, 0.5) is 11.4 Å². The van der Waals surface area contributed by atoms with Gasteiger partial charge in [-0.1, -0.05) is 71.9 Å². The first kappa shape index (κ1) is 23.7. The number of hydrogen-bond acceptors (Lipinski definition) is 6. The van der Waals surface area contributed by atoms with E-state index in [1.807, 2.05) is 67.6 Å². The summed E-state index contributed by atoms with van der Waals surface area (Å²) < 4.78 is 0. The monoisotopic (exact) mass is 480 g/mol. The highest BCUT2D eigenvalue weighted by atomic mass is 32.2. The number of non-ortho nitro benzene ring substituents is 1. The van der Waals surface area contributed by atoms with Gasteiger partial charge < -0.3 is 5.32 Å². The van der Waals surface area contributed by atoms with Crippen LogP contribution >= 0.6 is 11.8 Å². The molecule has 4 rings (SSSR count). The molecule has 0 aliphatic heterocycles. The molecular formula is C27H20N4O3S. The van der Waals surface area contributed by atoms with E-state index in [9.17, 15) is 20.2 Å². The Kier molecular flexibility index (Phi) is 7.19. The van der Waals surface area contributed by atoms with Gasteiger partial charge in [-0.25, -0.2) is 4.98 Å². The number of thioether (sulfide) groups is 1. The summed E-state index contributed by atoms with van der Waals surface area (Å²) in [6.07, 6.45) is 0. The smallest absolute Gasteiger partial charge is 0.269 e. The first-order chi connectivity index (χ1) is 16.9. The molecule has 0 atom stereocenters. The Hall–Kier alpha value is -4.48. The number of rotatable bonds is 7. The predicted octanol–water partition coefficient (Wildman–Crippen LogP) is 6.23. The molecule has 0 aliphatic carbocycles. The van der Waals surface area contributed by atoms with Gasteiger partial charge in [0.2, 0.25) is 5.91 Å². The highest BCUT2D eigenvalue weighted by Gasteiger charge is 2.17. The van der Waals surface area contributed by atoms with E-state index in [4.69, 9.17) is 4.98 Å². The number of pyridine rings is 1. The average Bonchev–Trinajstić information content (AvgIpc) is 2.88. The number of nitrogens with zero attached hydrogens (tertiary/aromatic N) is 3. The minimum atomic E-state index is -0.498. The number of nitriles is 1. The lowest BCUT2D eigenvalue weighted by atomic mass is 9.99. The minimum Gasteiger partial charge on any atom is -0.325 e. The summed E-state index contributed by atoms with van der Waals surface area (Å²) >= 11 is 1.17. The number of anilines is 1. The fourth-order valence-electron chi connectivity index (χ4n) is 3.45. The zero-order valence-corrected chi connectivity index (χ0v) is 19.6. The number of aromatic nitrogens is 1. The third kappa shape index (κ3) is 5.72. The fraction of sp³-hybridized carbons (Fsp3) is 0.0741. The molecule has 0 spiro atoms. The van der Waals surface area contributed by atoms with Crippen LogP contribution < -0.4 is 5.32 Å². The third-order valence-corrected chi connectivity index (χ3v) is 6.21. The lowest BCUT2D eigenvalue weighted by Gasteiger charge is -2.13. The molecule has 0 saturated heterocycles. The second kappa shape index (κ2) is 10.6. The zero-order chi connectivity index (χ0) is 24.8. The van der Waals surface area contributed by atoms with E-state index < -0.39 is 4.92 Å². The Labute approximate surface area is 206 Å². The molecule has 0 saturated carbocycles. The van der Waals surface area contributed by atoms with Crippen LogP contribution in [0.25, 0.3) is 22.4 Å². The van der Waals surface area contributed by atoms with Gasteiger partial charge in [-0.2, -0.15) is 5.26 Å². The van der Waals surface area contributed by atoms with Gasteiger partial charge in [0, 0.05) is 28.9 Å². The van der Waals surface area contributed by atoms with Crippen molar-refractivity contribution in [1.29, 1.82) is 5.26 Å². The minimum absolute atomic E-state index is 0.0181. The molecule has 0 bridgehead atoms. The summed E-state index contributed by atoms with van der Waals surface area (Å²) in [4.78, 5) is 27.6. The van der Waals surface area contributed by atoms with Crippen molar-refractivity contribution in [2.24, 2.45) is 0 Å². The van der Waals surface area contributed by atoms with Crippen LogP contribution in [0, 0.1) is 28.4 Å². The van der Waals surface area contributed by atoms with Gasteiger partial charge in [0.25, 0.3) is 5.69 Å². The molecule has 172 valence electrons. The Morgan fingerprint density at radius 3 is 2.34 bits per heavy atom. The quantitative estimate of drug-likeness (QED) is 0.191. The molecule has 4 aromatic rings. The summed E-state index contributed by atoms with van der Waals surface area (Å²) in [6.45, 7) is 2.01. The van der Waals surface area contributed by atoms with E-state index in [1.165, 1.54) is 36.0 Å². The second-order valence-electron chi connectivity index (χ2n) is 7.72. The molecule has 8 heteroatoms. The molecule has 0 unspecified atom stereocenters. The molecule has 0 radical (unpaired) electrons. The van der Waals surface area contributed by atoms with Crippen molar-refractivity contribution in [2.45, 2.75) is 11.9 Å². The summed E-state index contributed by atoms with van der Waals surface area (Å²) in [5.74, 6) is -0.291. The van der Waals surface area contributed by atoms with E-state index in [-0.39, 0.29) is 17.3 Å². The van der Waals surface area contributed by atoms with Gasteiger partial charge in [0.05, 0.1) is 21.9 Å². The largest absolute Gasteiger partial charge is 0.325 e. The van der Waals surface area contributed by atoms with Gasteiger partial charge >= 0.3 is 0 Å². The number of nitro groups is 1. The first-order valence-corrected chi connectivity index (χ1v) is 11.7. The van der Waals surface area contributed by atoms with E-state index in [2.05, 4.69) is 11.4 Å². The zero-order valence-electron chi connectivity index (χ0n) is 18.8. The van der Waals surface area contributed by atoms with E-state index in [1.54, 1.807) is 0 Å². The van der Waals surface area contributed by atoms with Crippen molar-refractivity contribution < 1.29 is 9.72 Å². The van der Waals surface area contributed by atoms with Gasteiger partial charge in [0.1, 0.15) is 11.1 Å². The summed E-state index contributed by atoms with van der Waals surface area (Å²) in [5.41, 5.74) is 5.18. The molecule has 1 aromatic heterocycles. The Balaban J connectivity index is 1.63. The maximum absolute atomic E-state index is 12.6. The SMILES string of the molecule is Cc1ccc(-c2cc(-c3ccccc3)c(C#N)c(SCC(=O)Nc3ccc([N+](=O)[O-])cc3)n2)cc1. The van der Waals surface area contributed by atoms with Gasteiger partial charge in [-0.15, -0.1) is 0 Å². The van der Waals surface area contributed by atoms with Crippen LogP contribution in [0.1, 0.15) is 11.1 Å². The number of carbonyl (C=O) groups is 1. The number of nitro benzene ring substituents is 1. The van der Waals surface area contributed by atoms with E-state index in [0.29, 0.717) is 22.0 Å². The Bertz CT molecular complexity index is 1410. The van der Waals surface area contributed by atoms with Crippen molar-refractivity contribution in [3.05, 3.63) is 106 Å². The summed E-state index contributed by atoms with van der Waals surface area (Å²) in [7, 11) is 0. The van der Waals surface area contributed by atoms with Crippen LogP contribution in [0.2, 0.25) is 0 Å². The Morgan fingerprint density at radius 1 is 1.03 bits per heavy atom.